The summed E-state index contributed by atoms with van der Waals surface area (Å²) in [6.45, 7) is 3.28. The number of esters is 1. The third kappa shape index (κ3) is 3.71. The van der Waals surface area contributed by atoms with Crippen molar-refractivity contribution >= 4 is 11.7 Å². The monoisotopic (exact) mass is 348 g/mol. The van der Waals surface area contributed by atoms with Crippen molar-refractivity contribution in [3.63, 3.8) is 0 Å². The summed E-state index contributed by atoms with van der Waals surface area (Å²) in [6.07, 6.45) is 0. The van der Waals surface area contributed by atoms with Crippen LogP contribution in [0.4, 0.5) is 14.5 Å². The molecule has 3 rings (SSSR count). The lowest BCUT2D eigenvalue weighted by Gasteiger charge is -2.30. The van der Waals surface area contributed by atoms with Gasteiger partial charge in [0, 0.05) is 37.9 Å². The molecule has 1 saturated heterocycles. The van der Waals surface area contributed by atoms with Crippen molar-refractivity contribution in [2.75, 3.05) is 38.2 Å². The average molecular weight is 348 g/mol. The molecule has 0 radical (unpaired) electrons. The minimum absolute atomic E-state index is 0.118. The molecule has 0 unspecified atom stereocenters. The third-order valence-corrected chi connectivity index (χ3v) is 3.99. The zero-order valence-electron chi connectivity index (χ0n) is 13.7. The molecular formula is C18H18F2N2O3. The molecule has 5 nitrogen and oxygen atoms in total. The van der Waals surface area contributed by atoms with Gasteiger partial charge in [0.2, 0.25) is 5.82 Å². The Morgan fingerprint density at radius 2 is 1.88 bits per heavy atom. The lowest BCUT2D eigenvalue weighted by molar-refractivity contribution is 0.0598. The first-order valence-electron chi connectivity index (χ1n) is 7.90. The SMILES string of the molecule is COC(=O)c1ccc(N2CCNCC2)cc1Oc1cccc(F)c1F. The average Bonchev–Trinajstić information content (AvgIpc) is 2.65. The van der Waals surface area contributed by atoms with Gasteiger partial charge in [0.1, 0.15) is 11.3 Å². The molecule has 0 aliphatic carbocycles. The number of benzene rings is 2. The van der Waals surface area contributed by atoms with Gasteiger partial charge in [-0.1, -0.05) is 6.07 Å². The van der Waals surface area contributed by atoms with Gasteiger partial charge in [-0.2, -0.15) is 4.39 Å². The molecule has 1 aliphatic heterocycles. The van der Waals surface area contributed by atoms with Gasteiger partial charge in [0.05, 0.1) is 7.11 Å². The maximum absolute atomic E-state index is 13.9. The molecule has 1 aliphatic rings. The van der Waals surface area contributed by atoms with Crippen molar-refractivity contribution in [3.05, 3.63) is 53.6 Å². The Bertz CT molecular complexity index is 777. The van der Waals surface area contributed by atoms with Crippen LogP contribution in [0, 0.1) is 11.6 Å². The summed E-state index contributed by atoms with van der Waals surface area (Å²) in [4.78, 5) is 14.1. The van der Waals surface area contributed by atoms with E-state index in [1.54, 1.807) is 18.2 Å². The maximum atomic E-state index is 13.9. The fourth-order valence-corrected chi connectivity index (χ4v) is 2.68. The Balaban J connectivity index is 1.98. The van der Waals surface area contributed by atoms with Crippen molar-refractivity contribution in [1.29, 1.82) is 0 Å². The van der Waals surface area contributed by atoms with Crippen LogP contribution in [0.3, 0.4) is 0 Å². The van der Waals surface area contributed by atoms with Crippen LogP contribution < -0.4 is 15.0 Å². The van der Waals surface area contributed by atoms with E-state index in [9.17, 15) is 13.6 Å². The number of nitrogens with zero attached hydrogens (tertiary/aromatic N) is 1. The van der Waals surface area contributed by atoms with Crippen LogP contribution in [0.2, 0.25) is 0 Å². The summed E-state index contributed by atoms with van der Waals surface area (Å²) in [6, 6.07) is 8.63. The Morgan fingerprint density at radius 1 is 1.12 bits per heavy atom. The quantitative estimate of drug-likeness (QED) is 0.861. The number of carbonyl (C=O) groups excluding carboxylic acids is 1. The first kappa shape index (κ1) is 17.2. The standard InChI is InChI=1S/C18H18F2N2O3/c1-24-18(23)13-6-5-12(22-9-7-21-8-10-22)11-16(13)25-15-4-2-3-14(19)17(15)20/h2-6,11,21H,7-10H2,1H3. The van der Waals surface area contributed by atoms with Crippen molar-refractivity contribution in [1.82, 2.24) is 5.32 Å². The van der Waals surface area contributed by atoms with Crippen LogP contribution >= 0.6 is 0 Å². The second kappa shape index (κ2) is 7.48. The molecule has 2 aromatic carbocycles. The van der Waals surface area contributed by atoms with Gasteiger partial charge < -0.3 is 19.7 Å². The number of hydrogen-bond acceptors (Lipinski definition) is 5. The Hall–Kier alpha value is -2.67. The van der Waals surface area contributed by atoms with Crippen molar-refractivity contribution in [3.8, 4) is 11.5 Å². The third-order valence-electron chi connectivity index (χ3n) is 3.99. The van der Waals surface area contributed by atoms with Crippen LogP contribution in [-0.4, -0.2) is 39.3 Å². The zero-order valence-corrected chi connectivity index (χ0v) is 13.7. The number of anilines is 1. The van der Waals surface area contributed by atoms with Gasteiger partial charge >= 0.3 is 5.97 Å². The number of rotatable bonds is 4. The summed E-state index contributed by atoms with van der Waals surface area (Å²) in [5.74, 6) is -2.91. The van der Waals surface area contributed by atoms with E-state index < -0.39 is 17.6 Å². The summed E-state index contributed by atoms with van der Waals surface area (Å²) >= 11 is 0. The minimum Gasteiger partial charge on any atom is -0.465 e. The molecule has 0 amide bonds. The normalized spacial score (nSPS) is 14.3. The molecule has 0 atom stereocenters. The maximum Gasteiger partial charge on any atom is 0.341 e. The number of carbonyl (C=O) groups is 1. The van der Waals surface area contributed by atoms with E-state index in [-0.39, 0.29) is 17.1 Å². The van der Waals surface area contributed by atoms with Crippen molar-refractivity contribution < 1.29 is 23.0 Å². The second-order valence-electron chi connectivity index (χ2n) is 5.56. The summed E-state index contributed by atoms with van der Waals surface area (Å²) in [5, 5.41) is 3.25. The van der Waals surface area contributed by atoms with E-state index in [1.165, 1.54) is 19.2 Å². The molecule has 25 heavy (non-hydrogen) atoms. The molecular weight excluding hydrogens is 330 g/mol. The van der Waals surface area contributed by atoms with Crippen molar-refractivity contribution in [2.45, 2.75) is 0 Å². The Labute approximate surface area is 144 Å². The molecule has 1 N–H and O–H groups in total. The van der Waals surface area contributed by atoms with Gasteiger partial charge in [-0.25, -0.2) is 9.18 Å². The van der Waals surface area contributed by atoms with Crippen molar-refractivity contribution in [2.24, 2.45) is 0 Å². The lowest BCUT2D eigenvalue weighted by Crippen LogP contribution is -2.43. The summed E-state index contributed by atoms with van der Waals surface area (Å²) < 4.78 is 37.6. The van der Waals surface area contributed by atoms with Crippen LogP contribution in [0.25, 0.3) is 0 Å². The van der Waals surface area contributed by atoms with Crippen LogP contribution in [0.1, 0.15) is 10.4 Å². The summed E-state index contributed by atoms with van der Waals surface area (Å²) in [7, 11) is 1.25. The predicted molar refractivity (Wildman–Crippen MR) is 89.3 cm³/mol. The number of nitrogens with one attached hydrogen (secondary N) is 1. The Kier molecular flexibility index (Phi) is 5.14. The second-order valence-corrected chi connectivity index (χ2v) is 5.56. The molecule has 132 valence electrons. The smallest absolute Gasteiger partial charge is 0.341 e. The van der Waals surface area contributed by atoms with Gasteiger partial charge in [-0.05, 0) is 24.3 Å². The van der Waals surface area contributed by atoms with E-state index in [1.807, 2.05) is 0 Å². The first-order chi connectivity index (χ1) is 12.1. The van der Waals surface area contributed by atoms with E-state index in [0.717, 1.165) is 37.9 Å². The molecule has 0 aromatic heterocycles. The van der Waals surface area contributed by atoms with Gasteiger partial charge in [-0.15, -0.1) is 0 Å². The van der Waals surface area contributed by atoms with Gasteiger partial charge in [-0.3, -0.25) is 0 Å². The summed E-state index contributed by atoms with van der Waals surface area (Å²) in [5.41, 5.74) is 0.978. The predicted octanol–water partition coefficient (Wildman–Crippen LogP) is 2.95. The van der Waals surface area contributed by atoms with E-state index in [0.29, 0.717) is 0 Å². The highest BCUT2D eigenvalue weighted by atomic mass is 19.2. The Morgan fingerprint density at radius 3 is 2.60 bits per heavy atom. The molecule has 7 heteroatoms. The largest absolute Gasteiger partial charge is 0.465 e. The van der Waals surface area contributed by atoms with Crippen LogP contribution in [-0.2, 0) is 4.74 Å². The fourth-order valence-electron chi connectivity index (χ4n) is 2.68. The molecule has 0 spiro atoms. The first-order valence-corrected chi connectivity index (χ1v) is 7.90. The highest BCUT2D eigenvalue weighted by molar-refractivity contribution is 5.93. The van der Waals surface area contributed by atoms with E-state index >= 15 is 0 Å². The van der Waals surface area contributed by atoms with Crippen LogP contribution in [0.15, 0.2) is 36.4 Å². The van der Waals surface area contributed by atoms with Gasteiger partial charge in [0.25, 0.3) is 0 Å². The minimum atomic E-state index is -1.11. The number of methoxy groups -OCH3 is 1. The fraction of sp³-hybridized carbons (Fsp3) is 0.278. The molecule has 1 fully saturated rings. The van der Waals surface area contributed by atoms with Gasteiger partial charge in [0.15, 0.2) is 11.6 Å². The molecule has 2 aromatic rings. The molecule has 0 bridgehead atoms. The number of halogens is 2. The van der Waals surface area contributed by atoms with E-state index in [4.69, 9.17) is 9.47 Å². The lowest BCUT2D eigenvalue weighted by atomic mass is 10.1. The highest BCUT2D eigenvalue weighted by Gasteiger charge is 2.19. The number of piperazine rings is 1. The number of ether oxygens (including phenoxy) is 2. The highest BCUT2D eigenvalue weighted by Crippen LogP contribution is 2.32. The topological polar surface area (TPSA) is 50.8 Å². The molecule has 0 saturated carbocycles. The molecule has 1 heterocycles. The van der Waals surface area contributed by atoms with E-state index in [2.05, 4.69) is 10.2 Å². The zero-order chi connectivity index (χ0) is 17.8. The van der Waals surface area contributed by atoms with Crippen LogP contribution in [0.5, 0.6) is 11.5 Å². The number of hydrogen-bond donors (Lipinski definition) is 1.